The third kappa shape index (κ3) is 3.74. The first-order valence-electron chi connectivity index (χ1n) is 7.53. The molecule has 1 aliphatic heterocycles. The number of ether oxygens (including phenoxy) is 1. The zero-order valence-electron chi connectivity index (χ0n) is 14.3. The molecule has 0 N–H and O–H groups in total. The molecule has 0 saturated heterocycles. The van der Waals surface area contributed by atoms with E-state index in [-0.39, 0.29) is 5.57 Å². The van der Waals surface area contributed by atoms with Crippen molar-refractivity contribution < 1.29 is 4.74 Å². The number of benzene rings is 1. The third-order valence-electron chi connectivity index (χ3n) is 3.83. The molecular weight excluding hydrogens is 298 g/mol. The Balaban J connectivity index is 2.30. The predicted octanol–water partition coefficient (Wildman–Crippen LogP) is 4.32. The molecule has 0 aromatic heterocycles. The second-order valence-electron chi connectivity index (χ2n) is 5.66. The highest BCUT2D eigenvalue weighted by atomic mass is 16.5. The van der Waals surface area contributed by atoms with Crippen LogP contribution in [0.3, 0.4) is 0 Å². The van der Waals surface area contributed by atoms with Gasteiger partial charge in [0.1, 0.15) is 29.2 Å². The van der Waals surface area contributed by atoms with Gasteiger partial charge < -0.3 is 9.64 Å². The number of nitriles is 2. The van der Waals surface area contributed by atoms with E-state index >= 15 is 0 Å². The number of allylic oxidation sites excluding steroid dienone is 6. The third-order valence-corrected chi connectivity index (χ3v) is 3.83. The van der Waals surface area contributed by atoms with Crippen molar-refractivity contribution >= 4 is 11.8 Å². The van der Waals surface area contributed by atoms with Gasteiger partial charge in [0, 0.05) is 25.4 Å². The van der Waals surface area contributed by atoms with E-state index in [2.05, 4.69) is 0 Å². The molecule has 4 heteroatoms. The molecule has 0 saturated carbocycles. The second-order valence-corrected chi connectivity index (χ2v) is 5.66. The SMILES string of the molecule is CC1=C(C)C(=C(C#N)C#N)C=C(C=Cc2ccc(N(C)C)cc2)O1. The van der Waals surface area contributed by atoms with Gasteiger partial charge in [-0.1, -0.05) is 18.2 Å². The highest BCUT2D eigenvalue weighted by Gasteiger charge is 2.16. The van der Waals surface area contributed by atoms with Crippen molar-refractivity contribution in [3.8, 4) is 12.1 Å². The van der Waals surface area contributed by atoms with E-state index in [1.165, 1.54) is 0 Å². The lowest BCUT2D eigenvalue weighted by atomic mass is 9.98. The zero-order chi connectivity index (χ0) is 17.7. The Morgan fingerprint density at radius 1 is 1.04 bits per heavy atom. The van der Waals surface area contributed by atoms with Crippen molar-refractivity contribution in [2.45, 2.75) is 13.8 Å². The van der Waals surface area contributed by atoms with Crippen LogP contribution in [0.1, 0.15) is 19.4 Å². The van der Waals surface area contributed by atoms with E-state index in [4.69, 9.17) is 15.3 Å². The molecule has 0 aliphatic carbocycles. The standard InChI is InChI=1S/C20H19N3O/c1-14-15(2)24-19(11-20(14)17(12-21)13-22)10-7-16-5-8-18(9-6-16)23(3)4/h5-11H,1-4H3. The number of anilines is 1. The Bertz CT molecular complexity index is 822. The molecule has 0 amide bonds. The van der Waals surface area contributed by atoms with Crippen LogP contribution in [0, 0.1) is 22.7 Å². The minimum absolute atomic E-state index is 0.0939. The fourth-order valence-corrected chi connectivity index (χ4v) is 2.27. The summed E-state index contributed by atoms with van der Waals surface area (Å²) in [5.74, 6) is 1.30. The van der Waals surface area contributed by atoms with Gasteiger partial charge in [0.15, 0.2) is 0 Å². The lowest BCUT2D eigenvalue weighted by Gasteiger charge is -2.18. The molecule has 4 nitrogen and oxygen atoms in total. The Labute approximate surface area is 142 Å². The highest BCUT2D eigenvalue weighted by molar-refractivity contribution is 5.60. The molecule has 1 aromatic rings. The Morgan fingerprint density at radius 3 is 2.21 bits per heavy atom. The summed E-state index contributed by atoms with van der Waals surface area (Å²) in [5, 5.41) is 18.2. The maximum Gasteiger partial charge on any atom is 0.137 e. The molecule has 0 bridgehead atoms. The smallest absolute Gasteiger partial charge is 0.137 e. The van der Waals surface area contributed by atoms with Crippen LogP contribution in [-0.2, 0) is 4.74 Å². The van der Waals surface area contributed by atoms with Crippen LogP contribution < -0.4 is 4.90 Å². The average molecular weight is 317 g/mol. The molecule has 1 heterocycles. The first kappa shape index (κ1) is 17.1. The molecule has 120 valence electrons. The zero-order valence-corrected chi connectivity index (χ0v) is 14.3. The van der Waals surface area contributed by atoms with Crippen LogP contribution in [0.15, 0.2) is 64.7 Å². The number of nitrogens with zero attached hydrogens (tertiary/aromatic N) is 3. The fourth-order valence-electron chi connectivity index (χ4n) is 2.27. The number of hydrogen-bond donors (Lipinski definition) is 0. The predicted molar refractivity (Wildman–Crippen MR) is 95.6 cm³/mol. The number of hydrogen-bond acceptors (Lipinski definition) is 4. The van der Waals surface area contributed by atoms with E-state index < -0.39 is 0 Å². The average Bonchev–Trinajstić information content (AvgIpc) is 2.58. The minimum atomic E-state index is 0.0939. The molecular formula is C20H19N3O. The second kappa shape index (κ2) is 7.35. The van der Waals surface area contributed by atoms with E-state index in [0.717, 1.165) is 16.8 Å². The lowest BCUT2D eigenvalue weighted by Crippen LogP contribution is -2.07. The number of rotatable bonds is 3. The minimum Gasteiger partial charge on any atom is -0.462 e. The van der Waals surface area contributed by atoms with Gasteiger partial charge in [-0.05, 0) is 49.3 Å². The van der Waals surface area contributed by atoms with Gasteiger partial charge in [-0.25, -0.2) is 0 Å². The summed E-state index contributed by atoms with van der Waals surface area (Å²) in [6.45, 7) is 3.67. The topological polar surface area (TPSA) is 60.0 Å². The normalized spacial score (nSPS) is 13.9. The van der Waals surface area contributed by atoms with Gasteiger partial charge in [0.05, 0.1) is 0 Å². The van der Waals surface area contributed by atoms with Crippen LogP contribution in [0.5, 0.6) is 0 Å². The van der Waals surface area contributed by atoms with Gasteiger partial charge >= 0.3 is 0 Å². The first-order chi connectivity index (χ1) is 11.5. The summed E-state index contributed by atoms with van der Waals surface area (Å²) in [5.41, 5.74) is 3.69. The van der Waals surface area contributed by atoms with Gasteiger partial charge in [0.25, 0.3) is 0 Å². The summed E-state index contributed by atoms with van der Waals surface area (Å²) >= 11 is 0. The largest absolute Gasteiger partial charge is 0.462 e. The fraction of sp³-hybridized carbons (Fsp3) is 0.200. The van der Waals surface area contributed by atoms with E-state index in [0.29, 0.717) is 17.1 Å². The molecule has 0 fully saturated rings. The summed E-state index contributed by atoms with van der Waals surface area (Å²) in [6.07, 6.45) is 5.51. The monoisotopic (exact) mass is 317 g/mol. The molecule has 2 rings (SSSR count). The van der Waals surface area contributed by atoms with Crippen molar-refractivity contribution in [3.63, 3.8) is 0 Å². The van der Waals surface area contributed by atoms with E-state index in [1.807, 2.05) is 81.4 Å². The molecule has 1 aromatic carbocycles. The first-order valence-corrected chi connectivity index (χ1v) is 7.53. The van der Waals surface area contributed by atoms with E-state index in [9.17, 15) is 0 Å². The van der Waals surface area contributed by atoms with Gasteiger partial charge in [-0.3, -0.25) is 0 Å². The molecule has 0 spiro atoms. The van der Waals surface area contributed by atoms with E-state index in [1.54, 1.807) is 6.08 Å². The maximum absolute atomic E-state index is 9.10. The van der Waals surface area contributed by atoms with Gasteiger partial charge in [-0.15, -0.1) is 0 Å². The van der Waals surface area contributed by atoms with Crippen molar-refractivity contribution in [1.82, 2.24) is 0 Å². The van der Waals surface area contributed by atoms with Crippen LogP contribution in [0.4, 0.5) is 5.69 Å². The van der Waals surface area contributed by atoms with Crippen molar-refractivity contribution in [1.29, 1.82) is 10.5 Å². The summed E-state index contributed by atoms with van der Waals surface area (Å²) in [6, 6.07) is 12.0. The van der Waals surface area contributed by atoms with Crippen LogP contribution in [-0.4, -0.2) is 14.1 Å². The van der Waals surface area contributed by atoms with Gasteiger partial charge in [-0.2, -0.15) is 10.5 Å². The summed E-state index contributed by atoms with van der Waals surface area (Å²) in [4.78, 5) is 2.04. The quantitative estimate of drug-likeness (QED) is 0.779. The Morgan fingerprint density at radius 2 is 1.67 bits per heavy atom. The van der Waals surface area contributed by atoms with Crippen LogP contribution in [0.25, 0.3) is 6.08 Å². The highest BCUT2D eigenvalue weighted by Crippen LogP contribution is 2.29. The Hall–Kier alpha value is -3.24. The van der Waals surface area contributed by atoms with Crippen molar-refractivity contribution in [2.75, 3.05) is 19.0 Å². The van der Waals surface area contributed by atoms with Crippen LogP contribution in [0.2, 0.25) is 0 Å². The maximum atomic E-state index is 9.10. The lowest BCUT2D eigenvalue weighted by molar-refractivity contribution is 0.313. The summed E-state index contributed by atoms with van der Waals surface area (Å²) < 4.78 is 5.74. The Kier molecular flexibility index (Phi) is 5.24. The van der Waals surface area contributed by atoms with Gasteiger partial charge in [0.2, 0.25) is 0 Å². The van der Waals surface area contributed by atoms with Crippen molar-refractivity contribution in [3.05, 3.63) is 70.2 Å². The molecule has 0 radical (unpaired) electrons. The molecule has 0 unspecified atom stereocenters. The van der Waals surface area contributed by atoms with Crippen molar-refractivity contribution in [2.24, 2.45) is 0 Å². The van der Waals surface area contributed by atoms with Crippen LogP contribution >= 0.6 is 0 Å². The molecule has 24 heavy (non-hydrogen) atoms. The molecule has 0 atom stereocenters. The molecule has 1 aliphatic rings. The summed E-state index contributed by atoms with van der Waals surface area (Å²) in [7, 11) is 4.00.